The third-order valence-electron chi connectivity index (χ3n) is 5.30. The number of nitrogens with one attached hydrogen (secondary N) is 1. The number of esters is 1. The molecule has 1 heterocycles. The average molecular weight is 660 g/mol. The number of anilines is 1. The van der Waals surface area contributed by atoms with Crippen LogP contribution in [0.1, 0.15) is 46.5 Å². The van der Waals surface area contributed by atoms with Gasteiger partial charge in [0.05, 0.1) is 36.2 Å². The van der Waals surface area contributed by atoms with Crippen molar-refractivity contribution in [1.29, 1.82) is 0 Å². The molecule has 3 rings (SSSR count). The van der Waals surface area contributed by atoms with Crippen LogP contribution in [-0.4, -0.2) is 41.2 Å². The van der Waals surface area contributed by atoms with E-state index in [1.54, 1.807) is 32.9 Å². The number of rotatable bonds is 7. The van der Waals surface area contributed by atoms with Gasteiger partial charge in [0.15, 0.2) is 6.61 Å². The van der Waals surface area contributed by atoms with Crippen LogP contribution in [0, 0.1) is 12.8 Å². The average Bonchev–Trinajstić information content (AvgIpc) is 3.06. The molecule has 2 aromatic carbocycles. The van der Waals surface area contributed by atoms with Gasteiger partial charge >= 0.3 is 5.97 Å². The molecular formula is C23H18BrCl5N2O5. The van der Waals surface area contributed by atoms with Crippen LogP contribution in [-0.2, 0) is 14.3 Å². The summed E-state index contributed by atoms with van der Waals surface area (Å²) in [5, 5.41) is 2.12. The standard InChI is InChI=1S/C23H18BrCl5N2O5/c1-8(2)4-13(23(35)36-7-14(32)30-12-6-11(25)10(24)5-9(12)3)31-21(33)15-16(22(31)34)18(27)20(29)19(28)17(15)26/h5-6,8,13H,4,7H2,1-3H3,(H,30,32)/t13-/m1/s1. The Labute approximate surface area is 240 Å². The molecule has 0 unspecified atom stereocenters. The molecule has 1 aliphatic rings. The fraction of sp³-hybridized carbons (Fsp3) is 0.304. The summed E-state index contributed by atoms with van der Waals surface area (Å²) in [4.78, 5) is 52.6. The van der Waals surface area contributed by atoms with Crippen LogP contribution in [0.15, 0.2) is 16.6 Å². The summed E-state index contributed by atoms with van der Waals surface area (Å²) < 4.78 is 5.85. The second-order valence-corrected chi connectivity index (χ2v) is 11.1. The number of benzene rings is 2. The summed E-state index contributed by atoms with van der Waals surface area (Å²) in [5.74, 6) is -3.46. The van der Waals surface area contributed by atoms with Crippen molar-refractivity contribution in [2.75, 3.05) is 11.9 Å². The summed E-state index contributed by atoms with van der Waals surface area (Å²) in [6.07, 6.45) is 0.0596. The van der Waals surface area contributed by atoms with Gasteiger partial charge in [-0.25, -0.2) is 4.79 Å². The summed E-state index contributed by atoms with van der Waals surface area (Å²) in [6, 6.07) is 1.92. The zero-order valence-electron chi connectivity index (χ0n) is 19.0. The molecule has 1 atom stereocenters. The fourth-order valence-electron chi connectivity index (χ4n) is 3.60. The molecule has 0 saturated heterocycles. The highest BCUT2D eigenvalue weighted by atomic mass is 79.9. The van der Waals surface area contributed by atoms with Crippen LogP contribution in [0.2, 0.25) is 25.1 Å². The number of ether oxygens (including phenoxy) is 1. The highest BCUT2D eigenvalue weighted by Crippen LogP contribution is 2.45. The smallest absolute Gasteiger partial charge is 0.329 e. The second-order valence-electron chi connectivity index (χ2n) is 8.37. The van der Waals surface area contributed by atoms with E-state index in [9.17, 15) is 19.2 Å². The molecule has 0 saturated carbocycles. The summed E-state index contributed by atoms with van der Waals surface area (Å²) in [5.41, 5.74) is 0.660. The molecule has 7 nitrogen and oxygen atoms in total. The molecule has 3 amide bonds. The Kier molecular flexibility index (Phi) is 9.23. The van der Waals surface area contributed by atoms with Crippen molar-refractivity contribution in [3.05, 3.63) is 58.4 Å². The van der Waals surface area contributed by atoms with Crippen LogP contribution in [0.25, 0.3) is 0 Å². The molecule has 0 spiro atoms. The largest absolute Gasteiger partial charge is 0.454 e. The summed E-state index contributed by atoms with van der Waals surface area (Å²) in [7, 11) is 0. The van der Waals surface area contributed by atoms with E-state index in [1.165, 1.54) is 0 Å². The van der Waals surface area contributed by atoms with E-state index in [-0.39, 0.29) is 43.6 Å². The lowest BCUT2D eigenvalue weighted by atomic mass is 10.0. The van der Waals surface area contributed by atoms with E-state index in [0.717, 1.165) is 5.56 Å². The molecule has 0 fully saturated rings. The Morgan fingerprint density at radius 3 is 2.00 bits per heavy atom. The van der Waals surface area contributed by atoms with Crippen molar-refractivity contribution < 1.29 is 23.9 Å². The van der Waals surface area contributed by atoms with E-state index in [1.807, 2.05) is 0 Å². The van der Waals surface area contributed by atoms with Gasteiger partial charge in [0.1, 0.15) is 6.04 Å². The lowest BCUT2D eigenvalue weighted by Crippen LogP contribution is -2.47. The molecule has 13 heteroatoms. The first-order chi connectivity index (χ1) is 16.8. The van der Waals surface area contributed by atoms with Crippen molar-refractivity contribution in [2.24, 2.45) is 5.92 Å². The lowest BCUT2D eigenvalue weighted by molar-refractivity contribution is -0.151. The van der Waals surface area contributed by atoms with Gasteiger partial charge in [0.2, 0.25) is 0 Å². The molecule has 2 aromatic rings. The topological polar surface area (TPSA) is 92.8 Å². The predicted molar refractivity (Wildman–Crippen MR) is 144 cm³/mol. The number of imide groups is 1. The summed E-state index contributed by atoms with van der Waals surface area (Å²) in [6.45, 7) is 4.68. The van der Waals surface area contributed by atoms with Crippen LogP contribution >= 0.6 is 73.9 Å². The molecule has 0 radical (unpaired) electrons. The van der Waals surface area contributed by atoms with Gasteiger partial charge in [-0.3, -0.25) is 19.3 Å². The van der Waals surface area contributed by atoms with Gasteiger partial charge in [-0.2, -0.15) is 0 Å². The Bertz CT molecular complexity index is 1250. The number of nitrogens with zero attached hydrogens (tertiary/aromatic N) is 1. The number of halogens is 6. The van der Waals surface area contributed by atoms with Gasteiger partial charge in [-0.1, -0.05) is 71.9 Å². The third kappa shape index (κ3) is 5.64. The van der Waals surface area contributed by atoms with Crippen LogP contribution in [0.4, 0.5) is 5.69 Å². The van der Waals surface area contributed by atoms with E-state index >= 15 is 0 Å². The second kappa shape index (κ2) is 11.5. The van der Waals surface area contributed by atoms with Gasteiger partial charge < -0.3 is 10.1 Å². The Hall–Kier alpha value is -1.55. The number of carbonyl (C=O) groups excluding carboxylic acids is 4. The number of carbonyl (C=O) groups is 4. The highest BCUT2D eigenvalue weighted by molar-refractivity contribution is 9.10. The van der Waals surface area contributed by atoms with E-state index in [0.29, 0.717) is 20.1 Å². The van der Waals surface area contributed by atoms with E-state index in [4.69, 9.17) is 62.7 Å². The van der Waals surface area contributed by atoms with E-state index in [2.05, 4.69) is 21.2 Å². The highest BCUT2D eigenvalue weighted by Gasteiger charge is 2.47. The number of hydrogen-bond donors (Lipinski definition) is 1. The Balaban J connectivity index is 1.82. The first-order valence-corrected chi connectivity index (χ1v) is 13.1. The Morgan fingerprint density at radius 1 is 0.972 bits per heavy atom. The van der Waals surface area contributed by atoms with Crippen molar-refractivity contribution in [2.45, 2.75) is 33.2 Å². The van der Waals surface area contributed by atoms with Crippen molar-refractivity contribution >= 4 is 103 Å². The molecule has 1 N–H and O–H groups in total. The predicted octanol–water partition coefficient (Wildman–Crippen LogP) is 7.22. The Morgan fingerprint density at radius 2 is 1.50 bits per heavy atom. The molecular weight excluding hydrogens is 641 g/mol. The maximum atomic E-state index is 13.2. The molecule has 0 bridgehead atoms. The van der Waals surface area contributed by atoms with Gasteiger partial charge in [-0.15, -0.1) is 0 Å². The normalized spacial score (nSPS) is 13.8. The van der Waals surface area contributed by atoms with Crippen LogP contribution in [0.5, 0.6) is 0 Å². The zero-order valence-corrected chi connectivity index (χ0v) is 24.3. The number of amides is 3. The number of aryl methyl sites for hydroxylation is 1. The molecule has 36 heavy (non-hydrogen) atoms. The van der Waals surface area contributed by atoms with Crippen molar-refractivity contribution in [3.63, 3.8) is 0 Å². The first kappa shape index (κ1) is 29.0. The quantitative estimate of drug-likeness (QED) is 0.147. The maximum Gasteiger partial charge on any atom is 0.329 e. The zero-order chi connectivity index (χ0) is 27.1. The monoisotopic (exact) mass is 656 g/mol. The molecule has 192 valence electrons. The van der Waals surface area contributed by atoms with Gasteiger partial charge in [0, 0.05) is 10.2 Å². The minimum absolute atomic E-state index is 0.0596. The van der Waals surface area contributed by atoms with Crippen LogP contribution < -0.4 is 5.32 Å². The number of fused-ring (bicyclic) bond motifs is 1. The minimum Gasteiger partial charge on any atom is -0.454 e. The van der Waals surface area contributed by atoms with Gasteiger partial charge in [0.25, 0.3) is 17.7 Å². The van der Waals surface area contributed by atoms with E-state index < -0.39 is 36.3 Å². The third-order valence-corrected chi connectivity index (χ3v) is 8.30. The summed E-state index contributed by atoms with van der Waals surface area (Å²) >= 11 is 33.9. The lowest BCUT2D eigenvalue weighted by Gasteiger charge is -2.26. The fourth-order valence-corrected chi connectivity index (χ4v) is 5.24. The maximum absolute atomic E-state index is 13.2. The van der Waals surface area contributed by atoms with Crippen LogP contribution in [0.3, 0.4) is 0 Å². The van der Waals surface area contributed by atoms with Crippen molar-refractivity contribution in [1.82, 2.24) is 4.90 Å². The molecule has 0 aromatic heterocycles. The van der Waals surface area contributed by atoms with Crippen molar-refractivity contribution in [3.8, 4) is 0 Å². The molecule has 1 aliphatic heterocycles. The first-order valence-electron chi connectivity index (χ1n) is 10.4. The molecule has 0 aliphatic carbocycles. The minimum atomic E-state index is -1.35. The van der Waals surface area contributed by atoms with Gasteiger partial charge in [-0.05, 0) is 52.9 Å². The SMILES string of the molecule is Cc1cc(Br)c(Cl)cc1NC(=O)COC(=O)[C@@H](CC(C)C)N1C(=O)c2c(Cl)c(Cl)c(Cl)c(Cl)c2C1=O. The number of hydrogen-bond acceptors (Lipinski definition) is 5.